The monoisotopic (exact) mass is 294 g/mol. The fourth-order valence-corrected chi connectivity index (χ4v) is 3.72. The van der Waals surface area contributed by atoms with Crippen LogP contribution < -0.4 is 5.56 Å². The van der Waals surface area contributed by atoms with Gasteiger partial charge in [-0.05, 0) is 30.7 Å². The highest BCUT2D eigenvalue weighted by atomic mass is 35.5. The average Bonchev–Trinajstić information content (AvgIpc) is 2.49. The summed E-state index contributed by atoms with van der Waals surface area (Å²) in [6, 6.07) is 1.47. The predicted molar refractivity (Wildman–Crippen MR) is 78.0 cm³/mol. The van der Waals surface area contributed by atoms with Gasteiger partial charge in [0.2, 0.25) is 0 Å². The zero-order chi connectivity index (χ0) is 14.1. The second-order valence-electron chi connectivity index (χ2n) is 5.91. The normalized spacial score (nSPS) is 26.1. The molecule has 2 fully saturated rings. The van der Waals surface area contributed by atoms with E-state index < -0.39 is 0 Å². The number of halogens is 1. The maximum atomic E-state index is 12.5. The summed E-state index contributed by atoms with van der Waals surface area (Å²) in [5, 5.41) is 0.0726. The quantitative estimate of drug-likeness (QED) is 0.866. The summed E-state index contributed by atoms with van der Waals surface area (Å²) < 4.78 is 0. The summed E-state index contributed by atoms with van der Waals surface area (Å²) in [4.78, 5) is 28.2. The van der Waals surface area contributed by atoms with E-state index in [0.717, 1.165) is 25.4 Å². The second-order valence-corrected chi connectivity index (χ2v) is 6.32. The van der Waals surface area contributed by atoms with Gasteiger partial charge in [-0.25, -0.2) is 0 Å². The molecule has 0 aromatic carbocycles. The largest absolute Gasteiger partial charge is 0.338 e. The van der Waals surface area contributed by atoms with Gasteiger partial charge in [0.05, 0.1) is 5.56 Å². The highest BCUT2D eigenvalue weighted by Gasteiger charge is 2.33. The lowest BCUT2D eigenvalue weighted by Gasteiger charge is -2.41. The van der Waals surface area contributed by atoms with Gasteiger partial charge in [-0.3, -0.25) is 9.59 Å². The van der Waals surface area contributed by atoms with Crippen LogP contribution in [-0.2, 0) is 0 Å². The minimum absolute atomic E-state index is 0.0211. The van der Waals surface area contributed by atoms with Crippen molar-refractivity contribution in [2.75, 3.05) is 13.1 Å². The molecule has 1 aliphatic carbocycles. The third-order valence-electron chi connectivity index (χ3n) is 4.68. The van der Waals surface area contributed by atoms with E-state index in [2.05, 4.69) is 4.98 Å². The number of carbonyl (C=O) groups is 1. The molecule has 108 valence electrons. The number of carbonyl (C=O) groups excluding carboxylic acids is 1. The molecule has 0 radical (unpaired) electrons. The summed E-state index contributed by atoms with van der Waals surface area (Å²) >= 11 is 5.79. The number of aromatic amines is 1. The van der Waals surface area contributed by atoms with E-state index in [9.17, 15) is 9.59 Å². The van der Waals surface area contributed by atoms with E-state index in [1.165, 1.54) is 37.9 Å². The van der Waals surface area contributed by atoms with Crippen molar-refractivity contribution in [3.8, 4) is 0 Å². The molecule has 1 saturated carbocycles. The summed E-state index contributed by atoms with van der Waals surface area (Å²) in [5.41, 5.74) is 0.123. The van der Waals surface area contributed by atoms with Crippen LogP contribution in [0.1, 0.15) is 42.5 Å². The van der Waals surface area contributed by atoms with E-state index in [0.29, 0.717) is 11.5 Å². The molecule has 3 rings (SSSR count). The molecule has 0 spiro atoms. The Morgan fingerprint density at radius 3 is 2.75 bits per heavy atom. The van der Waals surface area contributed by atoms with Crippen molar-refractivity contribution >= 4 is 17.5 Å². The summed E-state index contributed by atoms with van der Waals surface area (Å²) in [5.74, 6) is 1.43. The predicted octanol–water partition coefficient (Wildman–Crippen LogP) is 2.68. The molecule has 1 N–H and O–H groups in total. The first-order valence-corrected chi connectivity index (χ1v) is 7.70. The van der Waals surface area contributed by atoms with E-state index >= 15 is 0 Å². The molecule has 1 amide bonds. The minimum atomic E-state index is -0.353. The molecule has 1 aliphatic heterocycles. The molecule has 1 aromatic rings. The average molecular weight is 295 g/mol. The van der Waals surface area contributed by atoms with Crippen molar-refractivity contribution in [1.29, 1.82) is 0 Å². The van der Waals surface area contributed by atoms with Crippen molar-refractivity contribution in [2.45, 2.75) is 32.1 Å². The Labute approximate surface area is 123 Å². The third kappa shape index (κ3) is 2.62. The number of hydrogen-bond donors (Lipinski definition) is 1. The van der Waals surface area contributed by atoms with Crippen molar-refractivity contribution in [3.63, 3.8) is 0 Å². The Morgan fingerprint density at radius 2 is 2.00 bits per heavy atom. The van der Waals surface area contributed by atoms with Gasteiger partial charge < -0.3 is 9.88 Å². The maximum absolute atomic E-state index is 12.5. The van der Waals surface area contributed by atoms with Crippen LogP contribution in [0.4, 0.5) is 0 Å². The maximum Gasteiger partial charge on any atom is 0.266 e. The summed E-state index contributed by atoms with van der Waals surface area (Å²) in [6.07, 6.45) is 7.74. The molecule has 2 heterocycles. The molecule has 0 bridgehead atoms. The molecule has 5 heteroatoms. The topological polar surface area (TPSA) is 53.2 Å². The van der Waals surface area contributed by atoms with Crippen molar-refractivity contribution in [3.05, 3.63) is 33.2 Å². The summed E-state index contributed by atoms with van der Waals surface area (Å²) in [6.45, 7) is 1.66. The Kier molecular flexibility index (Phi) is 3.83. The molecule has 4 nitrogen and oxygen atoms in total. The van der Waals surface area contributed by atoms with Crippen molar-refractivity contribution < 1.29 is 4.79 Å². The van der Waals surface area contributed by atoms with Gasteiger partial charge in [0, 0.05) is 19.3 Å². The summed E-state index contributed by atoms with van der Waals surface area (Å²) in [7, 11) is 0. The van der Waals surface area contributed by atoms with E-state index in [-0.39, 0.29) is 16.5 Å². The molecule has 2 unspecified atom stereocenters. The Morgan fingerprint density at radius 1 is 1.25 bits per heavy atom. The second kappa shape index (κ2) is 5.60. The molecule has 20 heavy (non-hydrogen) atoms. The Balaban J connectivity index is 1.74. The van der Waals surface area contributed by atoms with Crippen LogP contribution in [-0.4, -0.2) is 28.9 Å². The lowest BCUT2D eigenvalue weighted by atomic mass is 9.75. The number of aromatic nitrogens is 1. The molecule has 2 atom stereocenters. The zero-order valence-corrected chi connectivity index (χ0v) is 12.2. The fraction of sp³-hybridized carbons (Fsp3) is 0.600. The number of hydrogen-bond acceptors (Lipinski definition) is 2. The first-order chi connectivity index (χ1) is 9.65. The molecule has 2 aliphatic rings. The van der Waals surface area contributed by atoms with Crippen molar-refractivity contribution in [2.24, 2.45) is 11.8 Å². The number of H-pyrrole nitrogens is 1. The van der Waals surface area contributed by atoms with Crippen molar-refractivity contribution in [1.82, 2.24) is 9.88 Å². The van der Waals surface area contributed by atoms with Crippen LogP contribution in [0.3, 0.4) is 0 Å². The van der Waals surface area contributed by atoms with Crippen LogP contribution in [0.25, 0.3) is 0 Å². The molecule has 1 aromatic heterocycles. The number of piperidine rings is 1. The number of rotatable bonds is 1. The van der Waals surface area contributed by atoms with Gasteiger partial charge in [-0.15, -0.1) is 0 Å². The van der Waals surface area contributed by atoms with Crippen LogP contribution in [0, 0.1) is 11.8 Å². The Bertz CT molecular complexity index is 569. The number of pyridine rings is 1. The minimum Gasteiger partial charge on any atom is -0.338 e. The van der Waals surface area contributed by atoms with Gasteiger partial charge in [-0.1, -0.05) is 30.9 Å². The molecular weight excluding hydrogens is 276 g/mol. The van der Waals surface area contributed by atoms with E-state index in [1.807, 2.05) is 4.90 Å². The fourth-order valence-electron chi connectivity index (χ4n) is 3.55. The number of nitrogens with zero attached hydrogens (tertiary/aromatic N) is 1. The van der Waals surface area contributed by atoms with E-state index in [4.69, 9.17) is 11.6 Å². The highest BCUT2D eigenvalue weighted by Crippen LogP contribution is 2.36. The number of fused-ring (bicyclic) bond motifs is 1. The molecular formula is C15H19ClN2O2. The SMILES string of the molecule is O=C(c1c[nH]c(=O)c(Cl)c1)N1CCC2CCCCC2C1. The molecule has 1 saturated heterocycles. The lowest BCUT2D eigenvalue weighted by molar-refractivity contribution is 0.0520. The standard InChI is InChI=1S/C15H19ClN2O2/c16-13-7-12(8-17-14(13)19)15(20)18-6-5-10-3-1-2-4-11(10)9-18/h7-8,10-11H,1-6,9H2,(H,17,19). The van der Waals surface area contributed by atoms with Gasteiger partial charge in [0.25, 0.3) is 11.5 Å². The van der Waals surface area contributed by atoms with E-state index in [1.54, 1.807) is 0 Å². The third-order valence-corrected chi connectivity index (χ3v) is 4.96. The van der Waals surface area contributed by atoms with Gasteiger partial charge in [-0.2, -0.15) is 0 Å². The number of likely N-dealkylation sites (tertiary alicyclic amines) is 1. The smallest absolute Gasteiger partial charge is 0.266 e. The Hall–Kier alpha value is -1.29. The number of nitrogens with one attached hydrogen (secondary N) is 1. The van der Waals surface area contributed by atoms with Crippen LogP contribution in [0.15, 0.2) is 17.1 Å². The van der Waals surface area contributed by atoms with Gasteiger partial charge >= 0.3 is 0 Å². The van der Waals surface area contributed by atoms with Crippen LogP contribution >= 0.6 is 11.6 Å². The number of amides is 1. The first-order valence-electron chi connectivity index (χ1n) is 7.32. The van der Waals surface area contributed by atoms with Crippen LogP contribution in [0.5, 0.6) is 0 Å². The highest BCUT2D eigenvalue weighted by molar-refractivity contribution is 6.30. The van der Waals surface area contributed by atoms with Gasteiger partial charge in [0.15, 0.2) is 0 Å². The zero-order valence-electron chi connectivity index (χ0n) is 11.4. The first kappa shape index (κ1) is 13.7. The van der Waals surface area contributed by atoms with Gasteiger partial charge in [0.1, 0.15) is 5.02 Å². The van der Waals surface area contributed by atoms with Crippen LogP contribution in [0.2, 0.25) is 5.02 Å². The lowest BCUT2D eigenvalue weighted by Crippen LogP contribution is -2.44.